The molecule has 3 nitrogen and oxygen atoms in total. The Kier molecular flexibility index (Phi) is 5.88. The molecule has 2 fully saturated rings. The fourth-order valence-electron chi connectivity index (χ4n) is 5.40. The first-order chi connectivity index (χ1) is 15.2. The van der Waals surface area contributed by atoms with Crippen molar-refractivity contribution in [2.45, 2.75) is 65.9 Å². The maximum absolute atomic E-state index is 13.8. The van der Waals surface area contributed by atoms with E-state index in [1.54, 1.807) is 0 Å². The summed E-state index contributed by atoms with van der Waals surface area (Å²) in [6.07, 6.45) is 10.1. The van der Waals surface area contributed by atoms with E-state index in [2.05, 4.69) is 38.1 Å². The fraction of sp³-hybridized carbons (Fsp3) is 0.519. The maximum Gasteiger partial charge on any atom is 0.419 e. The SMILES string of the molecule is Cc1cc(P2CCCC2)c2c(c1)c1cc(C)cc(P3CCCC3)c1n2C(=O)OC(C)(C)C. The minimum atomic E-state index is -0.521. The van der Waals surface area contributed by atoms with Crippen LogP contribution in [0.2, 0.25) is 0 Å². The van der Waals surface area contributed by atoms with E-state index in [0.717, 1.165) is 11.0 Å². The van der Waals surface area contributed by atoms with Gasteiger partial charge in [-0.15, -0.1) is 0 Å². The van der Waals surface area contributed by atoms with Gasteiger partial charge in [-0.2, -0.15) is 0 Å². The molecule has 0 aliphatic carbocycles. The number of fused-ring (bicyclic) bond motifs is 3. The number of carbonyl (C=O) groups excluding carboxylic acids is 1. The normalized spacial score (nSPS) is 18.3. The van der Waals surface area contributed by atoms with E-state index in [0.29, 0.717) is 0 Å². The van der Waals surface area contributed by atoms with Gasteiger partial charge in [0, 0.05) is 21.4 Å². The lowest BCUT2D eigenvalue weighted by Gasteiger charge is -2.23. The zero-order valence-electron chi connectivity index (χ0n) is 20.1. The monoisotopic (exact) mass is 467 g/mol. The van der Waals surface area contributed by atoms with Crippen molar-refractivity contribution in [1.29, 1.82) is 0 Å². The van der Waals surface area contributed by atoms with Gasteiger partial charge in [0.25, 0.3) is 0 Å². The summed E-state index contributed by atoms with van der Waals surface area (Å²) < 4.78 is 8.03. The molecular weight excluding hydrogens is 432 g/mol. The Hall–Kier alpha value is -1.43. The number of rotatable bonds is 2. The van der Waals surface area contributed by atoms with Crippen LogP contribution in [0.5, 0.6) is 0 Å². The summed E-state index contributed by atoms with van der Waals surface area (Å²) >= 11 is 0. The quantitative estimate of drug-likeness (QED) is 0.380. The van der Waals surface area contributed by atoms with E-state index in [9.17, 15) is 4.79 Å². The molecule has 2 aromatic carbocycles. The minimum Gasteiger partial charge on any atom is -0.443 e. The van der Waals surface area contributed by atoms with Gasteiger partial charge in [0.2, 0.25) is 0 Å². The molecule has 1 aromatic heterocycles. The van der Waals surface area contributed by atoms with E-state index >= 15 is 0 Å². The Morgan fingerprint density at radius 3 is 1.56 bits per heavy atom. The van der Waals surface area contributed by atoms with Gasteiger partial charge in [-0.25, -0.2) is 9.36 Å². The predicted octanol–water partition coefficient (Wildman–Crippen LogP) is 7.00. The molecule has 0 radical (unpaired) electrons. The molecule has 0 N–H and O–H groups in total. The van der Waals surface area contributed by atoms with Crippen molar-refractivity contribution in [2.75, 3.05) is 24.6 Å². The highest BCUT2D eigenvalue weighted by atomic mass is 31.1. The highest BCUT2D eigenvalue weighted by Gasteiger charge is 2.30. The zero-order chi connectivity index (χ0) is 22.6. The molecule has 5 rings (SSSR count). The summed E-state index contributed by atoms with van der Waals surface area (Å²) in [5.74, 6) is 0. The lowest BCUT2D eigenvalue weighted by Crippen LogP contribution is -2.29. The molecule has 0 unspecified atom stereocenters. The molecule has 5 heteroatoms. The summed E-state index contributed by atoms with van der Waals surface area (Å²) in [4.78, 5) is 13.8. The number of nitrogens with zero attached hydrogens (tertiary/aromatic N) is 1. The lowest BCUT2D eigenvalue weighted by atomic mass is 10.1. The number of benzene rings is 2. The van der Waals surface area contributed by atoms with Crippen molar-refractivity contribution in [3.05, 3.63) is 35.4 Å². The van der Waals surface area contributed by atoms with Crippen LogP contribution in [0.15, 0.2) is 24.3 Å². The number of hydrogen-bond acceptors (Lipinski definition) is 2. The Labute approximate surface area is 194 Å². The molecule has 0 saturated carbocycles. The molecule has 2 aliphatic heterocycles. The van der Waals surface area contributed by atoms with Gasteiger partial charge in [0.15, 0.2) is 0 Å². The van der Waals surface area contributed by atoms with Gasteiger partial charge in [0.1, 0.15) is 5.60 Å². The van der Waals surface area contributed by atoms with Crippen LogP contribution in [-0.4, -0.2) is 40.9 Å². The Morgan fingerprint density at radius 1 is 0.781 bits per heavy atom. The summed E-state index contributed by atoms with van der Waals surface area (Å²) in [5, 5.41) is 5.32. The topological polar surface area (TPSA) is 31.2 Å². The smallest absolute Gasteiger partial charge is 0.419 e. The van der Waals surface area contributed by atoms with Gasteiger partial charge >= 0.3 is 6.09 Å². The molecule has 2 aliphatic rings. The van der Waals surface area contributed by atoms with Crippen LogP contribution in [-0.2, 0) is 4.74 Å². The summed E-state index contributed by atoms with van der Waals surface area (Å²) in [6, 6.07) is 9.34. The number of carbonyl (C=O) groups is 1. The van der Waals surface area contributed by atoms with Crippen LogP contribution in [0.3, 0.4) is 0 Å². The molecule has 3 heterocycles. The minimum absolute atomic E-state index is 0.212. The van der Waals surface area contributed by atoms with E-state index in [1.165, 1.54) is 82.8 Å². The van der Waals surface area contributed by atoms with E-state index in [1.807, 2.05) is 25.3 Å². The third kappa shape index (κ3) is 4.01. The molecular formula is C27H35NO2P2. The van der Waals surface area contributed by atoms with E-state index in [4.69, 9.17) is 4.74 Å². The van der Waals surface area contributed by atoms with Crippen molar-refractivity contribution >= 4 is 54.4 Å². The average Bonchev–Trinajstić information content (AvgIpc) is 3.46. The third-order valence-electron chi connectivity index (χ3n) is 6.68. The first kappa shape index (κ1) is 22.4. The maximum atomic E-state index is 13.8. The van der Waals surface area contributed by atoms with Gasteiger partial charge in [-0.3, -0.25) is 0 Å². The summed E-state index contributed by atoms with van der Waals surface area (Å²) in [7, 11) is -0.436. The first-order valence-corrected chi connectivity index (χ1v) is 15.5. The number of ether oxygens (including phenoxy) is 1. The molecule has 170 valence electrons. The van der Waals surface area contributed by atoms with Gasteiger partial charge in [-0.1, -0.05) is 15.8 Å². The van der Waals surface area contributed by atoms with Gasteiger partial charge in [-0.05, 0) is 120 Å². The molecule has 2 saturated heterocycles. The second-order valence-corrected chi connectivity index (χ2v) is 15.5. The van der Waals surface area contributed by atoms with Crippen LogP contribution < -0.4 is 10.6 Å². The number of aryl methyl sites for hydroxylation is 2. The Morgan fingerprint density at radius 2 is 1.19 bits per heavy atom. The molecule has 32 heavy (non-hydrogen) atoms. The zero-order valence-corrected chi connectivity index (χ0v) is 21.9. The predicted molar refractivity (Wildman–Crippen MR) is 142 cm³/mol. The molecule has 0 spiro atoms. The van der Waals surface area contributed by atoms with Gasteiger partial charge in [0.05, 0.1) is 11.0 Å². The summed E-state index contributed by atoms with van der Waals surface area (Å²) in [6.45, 7) is 10.3. The van der Waals surface area contributed by atoms with Crippen molar-refractivity contribution in [3.8, 4) is 0 Å². The largest absolute Gasteiger partial charge is 0.443 e. The van der Waals surface area contributed by atoms with Crippen molar-refractivity contribution in [3.63, 3.8) is 0 Å². The lowest BCUT2D eigenvalue weighted by molar-refractivity contribution is 0.0552. The molecule has 0 bridgehead atoms. The van der Waals surface area contributed by atoms with Crippen LogP contribution in [0, 0.1) is 13.8 Å². The van der Waals surface area contributed by atoms with Gasteiger partial charge < -0.3 is 4.74 Å². The highest BCUT2D eigenvalue weighted by molar-refractivity contribution is 7.66. The average molecular weight is 468 g/mol. The van der Waals surface area contributed by atoms with Crippen molar-refractivity contribution in [2.24, 2.45) is 0 Å². The van der Waals surface area contributed by atoms with E-state index in [-0.39, 0.29) is 21.9 Å². The van der Waals surface area contributed by atoms with Crippen LogP contribution >= 0.6 is 15.8 Å². The van der Waals surface area contributed by atoms with Crippen LogP contribution in [0.25, 0.3) is 21.8 Å². The van der Waals surface area contributed by atoms with Crippen LogP contribution in [0.4, 0.5) is 4.79 Å². The standard InChI is InChI=1S/C27H35NO2P2/c1-18-14-20-21-15-19(2)17-23(32-12-8-9-13-32)25(21)28(26(29)30-27(3,4)5)24(20)22(16-18)31-10-6-7-11-31/h14-17H,6-13H2,1-5H3. The molecule has 0 atom stereocenters. The first-order valence-electron chi connectivity index (χ1n) is 12.1. The molecule has 3 aromatic rings. The Balaban J connectivity index is 1.89. The number of hydrogen-bond donors (Lipinski definition) is 0. The third-order valence-corrected chi connectivity index (χ3v) is 12.1. The Bertz CT molecular complexity index is 1110. The highest BCUT2D eigenvalue weighted by Crippen LogP contribution is 2.48. The second-order valence-electron chi connectivity index (χ2n) is 10.6. The van der Waals surface area contributed by atoms with E-state index < -0.39 is 5.60 Å². The summed E-state index contributed by atoms with van der Waals surface area (Å²) in [5.41, 5.74) is 4.36. The second kappa shape index (κ2) is 8.41. The molecule has 0 amide bonds. The van der Waals surface area contributed by atoms with Crippen molar-refractivity contribution < 1.29 is 9.53 Å². The fourth-order valence-corrected chi connectivity index (χ4v) is 11.0. The van der Waals surface area contributed by atoms with Crippen LogP contribution in [0.1, 0.15) is 57.6 Å². The number of aromatic nitrogens is 1. The van der Waals surface area contributed by atoms with Crippen molar-refractivity contribution in [1.82, 2.24) is 4.57 Å².